The van der Waals surface area contributed by atoms with Gasteiger partial charge in [-0.05, 0) is 0 Å². The first-order valence-electron chi connectivity index (χ1n) is 5.20. The van der Waals surface area contributed by atoms with Crippen LogP contribution in [0.15, 0.2) is 51.6 Å². The van der Waals surface area contributed by atoms with Crippen molar-refractivity contribution in [1.82, 2.24) is 0 Å². The number of benzene rings is 1. The normalized spacial score (nSPS) is 9.53. The monoisotopic (exact) mass is 358 g/mol. The van der Waals surface area contributed by atoms with Crippen molar-refractivity contribution in [3.05, 3.63) is 57.2 Å². The molecule has 1 nitrogen and oxygen atoms in total. The summed E-state index contributed by atoms with van der Waals surface area (Å²) in [5, 5.41) is 0. The summed E-state index contributed by atoms with van der Waals surface area (Å²) in [6.07, 6.45) is 3.77. The molecule has 0 aliphatic carbocycles. The fourth-order valence-corrected chi connectivity index (χ4v) is 2.17. The van der Waals surface area contributed by atoms with Crippen molar-refractivity contribution in [2.45, 2.75) is 5.82 Å². The Morgan fingerprint density at radius 2 is 2.18 bits per heavy atom. The van der Waals surface area contributed by atoms with E-state index in [1.165, 1.54) is 4.47 Å². The molecular weight excluding hydrogens is 343 g/mol. The average molecular weight is 358 g/mol. The Hall–Kier alpha value is -0.561. The van der Waals surface area contributed by atoms with E-state index in [9.17, 15) is 0 Å². The SMILES string of the molecule is C=CCOCC(=C=Cc1ccc(Br)cc1)[Se]C. The third kappa shape index (κ3) is 6.07. The predicted octanol–water partition coefficient (Wildman–Crippen LogP) is 3.90. The summed E-state index contributed by atoms with van der Waals surface area (Å²) >= 11 is 3.84. The van der Waals surface area contributed by atoms with Gasteiger partial charge in [-0.15, -0.1) is 0 Å². The van der Waals surface area contributed by atoms with E-state index in [1.807, 2.05) is 18.2 Å². The van der Waals surface area contributed by atoms with Gasteiger partial charge in [-0.1, -0.05) is 0 Å². The molecule has 1 aromatic carbocycles. The van der Waals surface area contributed by atoms with Gasteiger partial charge < -0.3 is 0 Å². The van der Waals surface area contributed by atoms with E-state index in [2.05, 4.69) is 46.2 Å². The van der Waals surface area contributed by atoms with E-state index < -0.39 is 0 Å². The molecule has 0 amide bonds. The third-order valence-electron chi connectivity index (χ3n) is 1.99. The molecule has 0 radical (unpaired) electrons. The molecule has 17 heavy (non-hydrogen) atoms. The molecule has 0 saturated carbocycles. The Balaban J connectivity index is 2.69. The van der Waals surface area contributed by atoms with Gasteiger partial charge in [0.2, 0.25) is 0 Å². The van der Waals surface area contributed by atoms with Crippen molar-refractivity contribution in [3.8, 4) is 0 Å². The van der Waals surface area contributed by atoms with Gasteiger partial charge in [0.25, 0.3) is 0 Å². The molecule has 1 rings (SSSR count). The van der Waals surface area contributed by atoms with Crippen molar-refractivity contribution in [3.63, 3.8) is 0 Å². The summed E-state index contributed by atoms with van der Waals surface area (Å²) in [6.45, 7) is 4.87. The van der Waals surface area contributed by atoms with Gasteiger partial charge in [0.05, 0.1) is 0 Å². The van der Waals surface area contributed by atoms with Crippen LogP contribution in [0.5, 0.6) is 0 Å². The molecule has 0 saturated heterocycles. The standard InChI is InChI=1S/C14H15BrOSe/c1-3-10-16-11-14(17-2)9-6-12-4-7-13(15)8-5-12/h3-8H,1,10-11H2,2H3. The van der Waals surface area contributed by atoms with Crippen molar-refractivity contribution in [1.29, 1.82) is 0 Å². The number of hydrogen-bond acceptors (Lipinski definition) is 1. The van der Waals surface area contributed by atoms with Crippen molar-refractivity contribution in [2.75, 3.05) is 13.2 Å². The first-order valence-corrected chi connectivity index (χ1v) is 8.56. The Morgan fingerprint density at radius 3 is 2.76 bits per heavy atom. The zero-order chi connectivity index (χ0) is 12.5. The Bertz CT molecular complexity index is 416. The summed E-state index contributed by atoms with van der Waals surface area (Å²) in [5.41, 5.74) is 4.46. The number of hydrogen-bond donors (Lipinski definition) is 0. The Kier molecular flexibility index (Phi) is 7.27. The van der Waals surface area contributed by atoms with Crippen LogP contribution in [0, 0.1) is 0 Å². The number of ether oxygens (including phenoxy) is 1. The fraction of sp³-hybridized carbons (Fsp3) is 0.214. The van der Waals surface area contributed by atoms with Gasteiger partial charge in [0.1, 0.15) is 0 Å². The van der Waals surface area contributed by atoms with Gasteiger partial charge in [0, 0.05) is 0 Å². The second-order valence-electron chi connectivity index (χ2n) is 3.27. The molecule has 0 atom stereocenters. The summed E-state index contributed by atoms with van der Waals surface area (Å²) in [6, 6.07) is 8.17. The second kappa shape index (κ2) is 8.52. The van der Waals surface area contributed by atoms with Crippen LogP contribution in [-0.2, 0) is 4.74 Å². The molecule has 0 N–H and O–H groups in total. The first kappa shape index (κ1) is 14.5. The molecule has 0 bridgehead atoms. The van der Waals surface area contributed by atoms with Gasteiger partial charge in [-0.3, -0.25) is 0 Å². The molecule has 0 aliphatic rings. The molecule has 0 aromatic heterocycles. The molecule has 0 fully saturated rings. The summed E-state index contributed by atoms with van der Waals surface area (Å²) < 4.78 is 7.73. The molecule has 3 heteroatoms. The first-order chi connectivity index (χ1) is 8.26. The van der Waals surface area contributed by atoms with Gasteiger partial charge in [-0.2, -0.15) is 0 Å². The molecule has 0 aliphatic heterocycles. The maximum absolute atomic E-state index is 5.41. The molecule has 90 valence electrons. The summed E-state index contributed by atoms with van der Waals surface area (Å²) in [4.78, 5) is 0. The number of rotatable bonds is 6. The minimum atomic E-state index is 0.424. The van der Waals surface area contributed by atoms with Crippen LogP contribution in [0.1, 0.15) is 5.56 Å². The van der Waals surface area contributed by atoms with E-state index >= 15 is 0 Å². The topological polar surface area (TPSA) is 9.23 Å². The second-order valence-corrected chi connectivity index (χ2v) is 6.08. The molecule has 0 heterocycles. The van der Waals surface area contributed by atoms with Crippen LogP contribution in [0.2, 0.25) is 5.82 Å². The molecule has 0 unspecified atom stereocenters. The minimum absolute atomic E-state index is 0.424. The third-order valence-corrected chi connectivity index (χ3v) is 4.04. The van der Waals surface area contributed by atoms with Crippen LogP contribution in [0.3, 0.4) is 0 Å². The zero-order valence-corrected chi connectivity index (χ0v) is 13.1. The van der Waals surface area contributed by atoms with Crippen LogP contribution in [-0.4, -0.2) is 28.2 Å². The summed E-state index contributed by atoms with van der Waals surface area (Å²) in [7, 11) is 0. The fourth-order valence-electron chi connectivity index (χ4n) is 1.12. The van der Waals surface area contributed by atoms with Crippen LogP contribution >= 0.6 is 15.9 Å². The van der Waals surface area contributed by atoms with Crippen LogP contribution in [0.4, 0.5) is 0 Å². The van der Waals surface area contributed by atoms with Crippen molar-refractivity contribution in [2.24, 2.45) is 0 Å². The molecular formula is C14H15BrOSe. The average Bonchev–Trinajstić information content (AvgIpc) is 2.35. The zero-order valence-electron chi connectivity index (χ0n) is 9.78. The summed E-state index contributed by atoms with van der Waals surface area (Å²) in [5.74, 6) is 2.17. The van der Waals surface area contributed by atoms with Crippen molar-refractivity contribution >= 4 is 37.0 Å². The molecule has 1 aromatic rings. The Labute approximate surface area is 118 Å². The Morgan fingerprint density at radius 1 is 1.47 bits per heavy atom. The predicted molar refractivity (Wildman–Crippen MR) is 78.3 cm³/mol. The quantitative estimate of drug-likeness (QED) is 0.324. The van der Waals surface area contributed by atoms with E-state index in [0.717, 1.165) is 10.0 Å². The van der Waals surface area contributed by atoms with Gasteiger partial charge >= 0.3 is 118 Å². The van der Waals surface area contributed by atoms with Gasteiger partial charge in [-0.25, -0.2) is 0 Å². The van der Waals surface area contributed by atoms with Crippen LogP contribution in [0.25, 0.3) is 6.08 Å². The number of halogens is 1. The van der Waals surface area contributed by atoms with E-state index in [-0.39, 0.29) is 0 Å². The molecule has 0 spiro atoms. The maximum atomic E-state index is 5.41. The van der Waals surface area contributed by atoms with Crippen molar-refractivity contribution < 1.29 is 4.74 Å². The van der Waals surface area contributed by atoms with Crippen LogP contribution < -0.4 is 0 Å². The van der Waals surface area contributed by atoms with Gasteiger partial charge in [0.15, 0.2) is 0 Å². The van der Waals surface area contributed by atoms with E-state index in [0.29, 0.717) is 28.2 Å². The van der Waals surface area contributed by atoms with E-state index in [4.69, 9.17) is 4.74 Å². The van der Waals surface area contributed by atoms with E-state index in [1.54, 1.807) is 6.08 Å².